The van der Waals surface area contributed by atoms with Crippen molar-refractivity contribution < 1.29 is 23.1 Å². The largest absolute Gasteiger partial charge is 0.440 e. The Kier molecular flexibility index (Phi) is 5.33. The van der Waals surface area contributed by atoms with Crippen LogP contribution in [0, 0.1) is 11.6 Å². The topological polar surface area (TPSA) is 87.4 Å². The number of carbonyl (C=O) groups is 1. The van der Waals surface area contributed by atoms with E-state index in [0.29, 0.717) is 28.7 Å². The minimum Gasteiger partial charge on any atom is -0.440 e. The van der Waals surface area contributed by atoms with Crippen molar-refractivity contribution in [3.05, 3.63) is 59.5 Å². The number of nitrogens with one attached hydrogen (secondary N) is 2. The Morgan fingerprint density at radius 2 is 1.96 bits per heavy atom. The number of aromatic nitrogens is 1. The van der Waals surface area contributed by atoms with Gasteiger partial charge in [-0.15, -0.1) is 0 Å². The van der Waals surface area contributed by atoms with Crippen molar-refractivity contribution in [3.8, 4) is 0 Å². The predicted octanol–water partition coefficient (Wildman–Crippen LogP) is 4.26. The molecule has 2 amide bonds. The summed E-state index contributed by atoms with van der Waals surface area (Å²) in [6.45, 7) is 5.72. The molecule has 3 rings (SSSR count). The molecule has 0 aliphatic carbocycles. The third kappa shape index (κ3) is 4.45. The number of carbonyl (C=O) groups excluding carboxylic acids is 1. The van der Waals surface area contributed by atoms with Gasteiger partial charge in [0.1, 0.15) is 17.2 Å². The predicted molar refractivity (Wildman–Crippen MR) is 101 cm³/mol. The number of hydrogen-bond acceptors (Lipinski definition) is 4. The highest BCUT2D eigenvalue weighted by Crippen LogP contribution is 2.27. The van der Waals surface area contributed by atoms with Crippen LogP contribution in [0.1, 0.15) is 38.3 Å². The molecule has 0 aliphatic rings. The molecule has 0 spiro atoms. The number of oxazole rings is 1. The Morgan fingerprint density at radius 3 is 2.64 bits per heavy atom. The summed E-state index contributed by atoms with van der Waals surface area (Å²) in [6, 6.07) is 7.31. The van der Waals surface area contributed by atoms with Crippen LogP contribution < -0.4 is 10.6 Å². The van der Waals surface area contributed by atoms with Gasteiger partial charge in [0, 0.05) is 29.3 Å². The molecule has 0 fully saturated rings. The molecule has 0 radical (unpaired) electrons. The van der Waals surface area contributed by atoms with Crippen molar-refractivity contribution >= 4 is 22.8 Å². The Morgan fingerprint density at radius 1 is 1.21 bits per heavy atom. The molecule has 0 bridgehead atoms. The second-order valence-electron chi connectivity index (χ2n) is 7.47. The second-order valence-corrected chi connectivity index (χ2v) is 7.47. The summed E-state index contributed by atoms with van der Waals surface area (Å²) in [5.41, 5.74) is 1.37. The van der Waals surface area contributed by atoms with Crippen LogP contribution in [0.4, 0.5) is 19.3 Å². The molecule has 0 aliphatic heterocycles. The highest BCUT2D eigenvalue weighted by atomic mass is 19.1. The Labute approximate surface area is 160 Å². The Hall–Kier alpha value is -3.00. The summed E-state index contributed by atoms with van der Waals surface area (Å²) in [6.07, 6.45) is -1.31. The molecule has 3 aromatic rings. The van der Waals surface area contributed by atoms with Crippen molar-refractivity contribution in [2.75, 3.05) is 11.9 Å². The Bertz CT molecular complexity index is 1010. The molecule has 1 aromatic heterocycles. The third-order valence-corrected chi connectivity index (χ3v) is 4.06. The smallest absolute Gasteiger partial charge is 0.319 e. The lowest BCUT2D eigenvalue weighted by Gasteiger charge is -2.13. The van der Waals surface area contributed by atoms with E-state index in [0.717, 1.165) is 12.1 Å². The number of anilines is 1. The van der Waals surface area contributed by atoms with Crippen LogP contribution in [0.15, 0.2) is 40.8 Å². The first-order valence-corrected chi connectivity index (χ1v) is 8.72. The van der Waals surface area contributed by atoms with Crippen molar-refractivity contribution in [2.24, 2.45) is 0 Å². The summed E-state index contributed by atoms with van der Waals surface area (Å²) in [4.78, 5) is 16.5. The van der Waals surface area contributed by atoms with Crippen LogP contribution in [-0.4, -0.2) is 22.7 Å². The van der Waals surface area contributed by atoms with E-state index in [4.69, 9.17) is 4.42 Å². The van der Waals surface area contributed by atoms with E-state index in [1.165, 1.54) is 0 Å². The van der Waals surface area contributed by atoms with Gasteiger partial charge in [0.2, 0.25) is 5.89 Å². The van der Waals surface area contributed by atoms with E-state index in [1.807, 2.05) is 20.8 Å². The zero-order valence-corrected chi connectivity index (χ0v) is 15.7. The van der Waals surface area contributed by atoms with Gasteiger partial charge in [0.15, 0.2) is 5.58 Å². The number of hydrogen-bond donors (Lipinski definition) is 3. The van der Waals surface area contributed by atoms with Gasteiger partial charge in [-0.3, -0.25) is 0 Å². The van der Waals surface area contributed by atoms with Gasteiger partial charge in [-0.25, -0.2) is 18.6 Å². The van der Waals surface area contributed by atoms with E-state index < -0.39 is 23.8 Å². The van der Waals surface area contributed by atoms with Crippen molar-refractivity contribution in [1.82, 2.24) is 10.3 Å². The summed E-state index contributed by atoms with van der Waals surface area (Å²) >= 11 is 0. The summed E-state index contributed by atoms with van der Waals surface area (Å²) < 4.78 is 32.3. The highest BCUT2D eigenvalue weighted by molar-refractivity contribution is 5.91. The molecule has 1 heterocycles. The second kappa shape index (κ2) is 7.55. The fourth-order valence-electron chi connectivity index (χ4n) is 2.57. The van der Waals surface area contributed by atoms with Crippen molar-refractivity contribution in [2.45, 2.75) is 32.3 Å². The Balaban J connectivity index is 1.62. The number of halogens is 2. The molecule has 6 nitrogen and oxygen atoms in total. The maximum absolute atomic E-state index is 13.7. The lowest BCUT2D eigenvalue weighted by Crippen LogP contribution is -2.32. The molecule has 28 heavy (non-hydrogen) atoms. The van der Waals surface area contributed by atoms with Gasteiger partial charge in [0.05, 0.1) is 6.10 Å². The molecular formula is C20H21F2N3O3. The van der Waals surface area contributed by atoms with E-state index in [1.54, 1.807) is 18.2 Å². The number of fused-ring (bicyclic) bond motifs is 1. The molecule has 1 unspecified atom stereocenters. The lowest BCUT2D eigenvalue weighted by atomic mass is 9.97. The molecule has 3 N–H and O–H groups in total. The van der Waals surface area contributed by atoms with Crippen LogP contribution in [0.3, 0.4) is 0 Å². The minimum atomic E-state index is -1.31. The summed E-state index contributed by atoms with van der Waals surface area (Å²) in [5.74, 6) is -1.02. The maximum atomic E-state index is 13.7. The number of aliphatic hydroxyl groups is 1. The number of benzene rings is 2. The number of aliphatic hydroxyl groups excluding tert-OH is 1. The first-order chi connectivity index (χ1) is 13.1. The number of nitrogens with zero attached hydrogens (tertiary/aromatic N) is 1. The molecule has 1 atom stereocenters. The van der Waals surface area contributed by atoms with Gasteiger partial charge < -0.3 is 20.2 Å². The standard InChI is InChI=1S/C20H21F2N3O3/c1-20(2,3)18-25-15-9-12(5-7-17(15)28-18)24-19(27)23-10-16(26)13-6-4-11(21)8-14(13)22/h4-9,16,26H,10H2,1-3H3,(H2,23,24,27). The van der Waals surface area contributed by atoms with Crippen LogP contribution in [0.5, 0.6) is 0 Å². The summed E-state index contributed by atoms with van der Waals surface area (Å²) in [7, 11) is 0. The van der Waals surface area contributed by atoms with Gasteiger partial charge >= 0.3 is 6.03 Å². The maximum Gasteiger partial charge on any atom is 0.319 e. The minimum absolute atomic E-state index is 0.0968. The van der Waals surface area contributed by atoms with Crippen LogP contribution in [0.25, 0.3) is 11.1 Å². The van der Waals surface area contributed by atoms with E-state index >= 15 is 0 Å². The highest BCUT2D eigenvalue weighted by Gasteiger charge is 2.21. The average Bonchev–Trinajstić information content (AvgIpc) is 3.03. The lowest BCUT2D eigenvalue weighted by molar-refractivity contribution is 0.170. The molecule has 0 saturated heterocycles. The van der Waals surface area contributed by atoms with Crippen LogP contribution in [-0.2, 0) is 5.41 Å². The quantitative estimate of drug-likeness (QED) is 0.622. The van der Waals surface area contributed by atoms with E-state index in [2.05, 4.69) is 15.6 Å². The van der Waals surface area contributed by atoms with Gasteiger partial charge in [-0.05, 0) is 24.3 Å². The monoisotopic (exact) mass is 389 g/mol. The van der Waals surface area contributed by atoms with E-state index in [9.17, 15) is 18.7 Å². The molecule has 0 saturated carbocycles. The molecular weight excluding hydrogens is 368 g/mol. The fraction of sp³-hybridized carbons (Fsp3) is 0.300. The first-order valence-electron chi connectivity index (χ1n) is 8.72. The molecule has 2 aromatic carbocycles. The average molecular weight is 389 g/mol. The van der Waals surface area contributed by atoms with E-state index in [-0.39, 0.29) is 17.5 Å². The van der Waals surface area contributed by atoms with Crippen LogP contribution >= 0.6 is 0 Å². The van der Waals surface area contributed by atoms with Gasteiger partial charge in [-0.1, -0.05) is 26.8 Å². The third-order valence-electron chi connectivity index (χ3n) is 4.06. The molecule has 8 heteroatoms. The SMILES string of the molecule is CC(C)(C)c1nc2cc(NC(=O)NCC(O)c3ccc(F)cc3F)ccc2o1. The normalized spacial score (nSPS) is 12.8. The zero-order valence-electron chi connectivity index (χ0n) is 15.7. The number of amides is 2. The summed E-state index contributed by atoms with van der Waals surface area (Å²) in [5, 5.41) is 15.1. The fourth-order valence-corrected chi connectivity index (χ4v) is 2.57. The van der Waals surface area contributed by atoms with Crippen LogP contribution in [0.2, 0.25) is 0 Å². The zero-order chi connectivity index (χ0) is 20.5. The first kappa shape index (κ1) is 19.8. The number of urea groups is 1. The van der Waals surface area contributed by atoms with Gasteiger partial charge in [-0.2, -0.15) is 0 Å². The molecule has 148 valence electrons. The van der Waals surface area contributed by atoms with Crippen molar-refractivity contribution in [1.29, 1.82) is 0 Å². The van der Waals surface area contributed by atoms with Gasteiger partial charge in [0.25, 0.3) is 0 Å². The number of rotatable bonds is 4. The van der Waals surface area contributed by atoms with Crippen molar-refractivity contribution in [3.63, 3.8) is 0 Å².